The molecule has 17 heavy (non-hydrogen) atoms. The Bertz CT molecular complexity index is 295. The molecule has 0 unspecified atom stereocenters. The third kappa shape index (κ3) is 3.20. The number of rotatable bonds is 6. The Hall–Kier alpha value is -1.06. The van der Waals surface area contributed by atoms with Gasteiger partial charge >= 0.3 is 5.97 Å². The molecule has 1 fully saturated rings. The van der Waals surface area contributed by atoms with E-state index >= 15 is 0 Å². The van der Waals surface area contributed by atoms with Crippen molar-refractivity contribution in [2.24, 2.45) is 11.3 Å². The summed E-state index contributed by atoms with van der Waals surface area (Å²) in [6, 6.07) is -0.743. The molecule has 1 aliphatic rings. The Morgan fingerprint density at radius 2 is 1.94 bits per heavy atom. The first-order chi connectivity index (χ1) is 7.91. The summed E-state index contributed by atoms with van der Waals surface area (Å²) in [7, 11) is 0. The largest absolute Gasteiger partial charge is 0.480 e. The van der Waals surface area contributed by atoms with E-state index in [2.05, 4.69) is 19.2 Å². The van der Waals surface area contributed by atoms with Gasteiger partial charge in [0.15, 0.2) is 0 Å². The minimum absolute atomic E-state index is 0.0632. The number of hydrogen-bond donors (Lipinski definition) is 2. The molecule has 0 aromatic carbocycles. The van der Waals surface area contributed by atoms with Gasteiger partial charge in [-0.15, -0.1) is 0 Å². The Morgan fingerprint density at radius 1 is 1.35 bits per heavy atom. The number of hydrogen-bond acceptors (Lipinski definition) is 2. The first-order valence-corrected chi connectivity index (χ1v) is 6.45. The fraction of sp³-hybridized carbons (Fsp3) is 0.846. The summed E-state index contributed by atoms with van der Waals surface area (Å²) in [5.74, 6) is -0.544. The highest BCUT2D eigenvalue weighted by molar-refractivity contribution is 5.88. The molecule has 1 atom stereocenters. The van der Waals surface area contributed by atoms with Crippen molar-refractivity contribution < 1.29 is 14.7 Å². The van der Waals surface area contributed by atoms with Gasteiger partial charge < -0.3 is 10.4 Å². The van der Waals surface area contributed by atoms with Crippen molar-refractivity contribution in [3.63, 3.8) is 0 Å². The van der Waals surface area contributed by atoms with E-state index in [0.29, 0.717) is 12.3 Å². The Morgan fingerprint density at radius 3 is 2.24 bits per heavy atom. The predicted molar refractivity (Wildman–Crippen MR) is 65.6 cm³/mol. The van der Waals surface area contributed by atoms with Gasteiger partial charge in [-0.05, 0) is 31.6 Å². The minimum atomic E-state index is -0.945. The van der Waals surface area contributed by atoms with Crippen LogP contribution in [-0.4, -0.2) is 23.0 Å². The molecule has 1 aliphatic carbocycles. The summed E-state index contributed by atoms with van der Waals surface area (Å²) in [5, 5.41) is 11.6. The molecular weight excluding hydrogens is 218 g/mol. The van der Waals surface area contributed by atoms with Crippen molar-refractivity contribution in [3.8, 4) is 0 Å². The number of nitrogens with one attached hydrogen (secondary N) is 1. The molecule has 0 aromatic rings. The third-order valence-corrected chi connectivity index (χ3v) is 3.60. The minimum Gasteiger partial charge on any atom is -0.480 e. The summed E-state index contributed by atoms with van der Waals surface area (Å²) < 4.78 is 0. The van der Waals surface area contributed by atoms with Crippen molar-refractivity contribution in [2.75, 3.05) is 0 Å². The monoisotopic (exact) mass is 241 g/mol. The smallest absolute Gasteiger partial charge is 0.326 e. The van der Waals surface area contributed by atoms with Gasteiger partial charge in [-0.1, -0.05) is 27.2 Å². The zero-order valence-corrected chi connectivity index (χ0v) is 11.0. The van der Waals surface area contributed by atoms with E-state index in [-0.39, 0.29) is 11.3 Å². The van der Waals surface area contributed by atoms with Gasteiger partial charge in [0.1, 0.15) is 6.04 Å². The highest BCUT2D eigenvalue weighted by Gasteiger charge is 2.45. The molecule has 0 aromatic heterocycles. The van der Waals surface area contributed by atoms with Gasteiger partial charge in [0.2, 0.25) is 5.91 Å². The van der Waals surface area contributed by atoms with Gasteiger partial charge in [-0.3, -0.25) is 4.79 Å². The van der Waals surface area contributed by atoms with Crippen LogP contribution >= 0.6 is 0 Å². The lowest BCUT2D eigenvalue weighted by atomic mass is 9.64. The highest BCUT2D eigenvalue weighted by Crippen LogP contribution is 2.46. The molecule has 0 spiro atoms. The molecule has 4 heteroatoms. The molecule has 0 aliphatic heterocycles. The fourth-order valence-corrected chi connectivity index (χ4v) is 2.56. The second-order valence-corrected chi connectivity index (χ2v) is 5.50. The van der Waals surface area contributed by atoms with Gasteiger partial charge in [0.25, 0.3) is 0 Å². The number of carboxylic acid groups (broad SMARTS) is 1. The van der Waals surface area contributed by atoms with E-state index in [4.69, 9.17) is 5.11 Å². The number of carbonyl (C=O) groups excluding carboxylic acids is 1. The summed E-state index contributed by atoms with van der Waals surface area (Å²) in [4.78, 5) is 23.1. The summed E-state index contributed by atoms with van der Waals surface area (Å²) in [6.07, 6.45) is 4.15. The lowest BCUT2D eigenvalue weighted by Gasteiger charge is -2.42. The molecule has 0 bridgehead atoms. The third-order valence-electron chi connectivity index (χ3n) is 3.60. The molecule has 2 N–H and O–H groups in total. The lowest BCUT2D eigenvalue weighted by molar-refractivity contribution is -0.146. The Kier molecular flexibility index (Phi) is 4.54. The molecule has 0 heterocycles. The average Bonchev–Trinajstić information content (AvgIpc) is 2.18. The van der Waals surface area contributed by atoms with E-state index in [1.165, 1.54) is 0 Å². The van der Waals surface area contributed by atoms with E-state index in [9.17, 15) is 9.59 Å². The molecule has 0 radical (unpaired) electrons. The Balaban J connectivity index is 2.63. The van der Waals surface area contributed by atoms with Crippen molar-refractivity contribution in [1.29, 1.82) is 0 Å². The van der Waals surface area contributed by atoms with Gasteiger partial charge in [-0.2, -0.15) is 0 Å². The van der Waals surface area contributed by atoms with E-state index in [1.807, 2.05) is 0 Å². The zero-order chi connectivity index (χ0) is 13.1. The standard InChI is InChI=1S/C13H23NO3/c1-4-10(11(15)16)14-12(17)13(6-5-7-13)8-9(2)3/h9-10H,4-8H2,1-3H3,(H,14,17)(H,15,16)/t10-/m0/s1. The number of carboxylic acids is 1. The molecule has 0 saturated heterocycles. The maximum atomic E-state index is 12.2. The fourth-order valence-electron chi connectivity index (χ4n) is 2.56. The van der Waals surface area contributed by atoms with E-state index in [1.54, 1.807) is 6.92 Å². The van der Waals surface area contributed by atoms with Crippen LogP contribution in [0, 0.1) is 11.3 Å². The zero-order valence-electron chi connectivity index (χ0n) is 11.0. The number of amides is 1. The van der Waals surface area contributed by atoms with Crippen molar-refractivity contribution >= 4 is 11.9 Å². The second kappa shape index (κ2) is 5.52. The van der Waals surface area contributed by atoms with Crippen LogP contribution in [0.3, 0.4) is 0 Å². The topological polar surface area (TPSA) is 66.4 Å². The number of aliphatic carboxylic acids is 1. The van der Waals surface area contributed by atoms with E-state index < -0.39 is 12.0 Å². The lowest BCUT2D eigenvalue weighted by Crippen LogP contribution is -2.51. The summed E-state index contributed by atoms with van der Waals surface area (Å²) in [5.41, 5.74) is -0.295. The quantitative estimate of drug-likeness (QED) is 0.749. The molecular formula is C13H23NO3. The van der Waals surface area contributed by atoms with Crippen LogP contribution < -0.4 is 5.32 Å². The maximum Gasteiger partial charge on any atom is 0.326 e. The van der Waals surface area contributed by atoms with Crippen LogP contribution in [0.5, 0.6) is 0 Å². The van der Waals surface area contributed by atoms with Crippen LogP contribution in [0.4, 0.5) is 0 Å². The van der Waals surface area contributed by atoms with Gasteiger partial charge in [0, 0.05) is 5.41 Å². The molecule has 4 nitrogen and oxygen atoms in total. The molecule has 1 rings (SSSR count). The average molecular weight is 241 g/mol. The second-order valence-electron chi connectivity index (χ2n) is 5.50. The normalized spacial score (nSPS) is 19.5. The van der Waals surface area contributed by atoms with Crippen molar-refractivity contribution in [1.82, 2.24) is 5.32 Å². The SMILES string of the molecule is CC[C@H](NC(=O)C1(CC(C)C)CCC1)C(=O)O. The number of carbonyl (C=O) groups is 2. The van der Waals surface area contributed by atoms with Crippen LogP contribution in [0.1, 0.15) is 52.9 Å². The molecule has 1 saturated carbocycles. The van der Waals surface area contributed by atoms with Gasteiger partial charge in [0.05, 0.1) is 0 Å². The Labute approximate surface area is 103 Å². The van der Waals surface area contributed by atoms with Crippen LogP contribution in [-0.2, 0) is 9.59 Å². The first-order valence-electron chi connectivity index (χ1n) is 6.45. The maximum absolute atomic E-state index is 12.2. The van der Waals surface area contributed by atoms with E-state index in [0.717, 1.165) is 25.7 Å². The van der Waals surface area contributed by atoms with Crippen LogP contribution in [0.2, 0.25) is 0 Å². The van der Waals surface area contributed by atoms with Crippen molar-refractivity contribution in [2.45, 2.75) is 58.9 Å². The highest BCUT2D eigenvalue weighted by atomic mass is 16.4. The van der Waals surface area contributed by atoms with Crippen LogP contribution in [0.15, 0.2) is 0 Å². The molecule has 98 valence electrons. The predicted octanol–water partition coefficient (Wildman–Crippen LogP) is 2.18. The molecule has 1 amide bonds. The van der Waals surface area contributed by atoms with Crippen LogP contribution in [0.25, 0.3) is 0 Å². The first kappa shape index (κ1) is 14.0. The van der Waals surface area contributed by atoms with Gasteiger partial charge in [-0.25, -0.2) is 4.79 Å². The summed E-state index contributed by atoms with van der Waals surface area (Å²) in [6.45, 7) is 5.97. The summed E-state index contributed by atoms with van der Waals surface area (Å²) >= 11 is 0. The van der Waals surface area contributed by atoms with Crippen molar-refractivity contribution in [3.05, 3.63) is 0 Å².